The molecule has 1 N–H and O–H groups in total. The number of anilines is 1. The van der Waals surface area contributed by atoms with Crippen molar-refractivity contribution in [2.24, 2.45) is 0 Å². The maximum atomic E-state index is 11.2. The number of hydrogen-bond acceptors (Lipinski definition) is 5. The van der Waals surface area contributed by atoms with Crippen molar-refractivity contribution in [1.29, 1.82) is 0 Å². The lowest BCUT2D eigenvalue weighted by Gasteiger charge is -2.38. The number of rotatable bonds is 4. The first-order valence-corrected chi connectivity index (χ1v) is 8.57. The van der Waals surface area contributed by atoms with E-state index >= 15 is 0 Å². The summed E-state index contributed by atoms with van der Waals surface area (Å²) in [6.45, 7) is 4.53. The number of nitrogens with one attached hydrogen (secondary N) is 1. The number of aromatic nitrogens is 2. The van der Waals surface area contributed by atoms with Crippen LogP contribution in [-0.2, 0) is 14.3 Å². The molecule has 0 saturated heterocycles. The van der Waals surface area contributed by atoms with Crippen LogP contribution in [0.2, 0.25) is 0 Å². The highest BCUT2D eigenvalue weighted by Gasteiger charge is 2.40. The molecule has 0 spiro atoms. The molecule has 0 aliphatic carbocycles. The fourth-order valence-electron chi connectivity index (χ4n) is 3.74. The summed E-state index contributed by atoms with van der Waals surface area (Å²) in [5.41, 5.74) is 5.80. The predicted octanol–water partition coefficient (Wildman–Crippen LogP) is 3.35. The van der Waals surface area contributed by atoms with Gasteiger partial charge in [-0.05, 0) is 25.5 Å². The Morgan fingerprint density at radius 3 is 2.65 bits per heavy atom. The molecule has 1 aromatic carbocycles. The molecular formula is C20H21N3O3. The van der Waals surface area contributed by atoms with Crippen molar-refractivity contribution < 1.29 is 14.3 Å². The van der Waals surface area contributed by atoms with Crippen molar-refractivity contribution in [2.45, 2.75) is 32.1 Å². The van der Waals surface area contributed by atoms with E-state index in [0.717, 1.165) is 33.8 Å². The lowest BCUT2D eigenvalue weighted by molar-refractivity contribution is -0.143. The van der Waals surface area contributed by atoms with E-state index in [1.54, 1.807) is 7.11 Å². The Bertz CT molecular complexity index is 952. The summed E-state index contributed by atoms with van der Waals surface area (Å²) in [5.74, 6) is 0. The molecule has 2 aromatic heterocycles. The van der Waals surface area contributed by atoms with E-state index in [4.69, 9.17) is 14.5 Å². The molecule has 6 heteroatoms. The zero-order valence-electron chi connectivity index (χ0n) is 15.0. The van der Waals surface area contributed by atoms with Gasteiger partial charge in [-0.25, -0.2) is 4.98 Å². The van der Waals surface area contributed by atoms with Crippen molar-refractivity contribution in [3.8, 4) is 0 Å². The molecule has 4 rings (SSSR count). The Morgan fingerprint density at radius 2 is 1.96 bits per heavy atom. The van der Waals surface area contributed by atoms with Crippen LogP contribution < -0.4 is 5.32 Å². The molecule has 0 saturated carbocycles. The third-order valence-corrected chi connectivity index (χ3v) is 5.16. The molecule has 0 fully saturated rings. The molecule has 1 aliphatic heterocycles. The van der Waals surface area contributed by atoms with Crippen LogP contribution in [0, 0.1) is 13.8 Å². The molecule has 6 nitrogen and oxygen atoms in total. The number of pyridine rings is 1. The minimum absolute atomic E-state index is 0.234. The molecule has 3 atom stereocenters. The van der Waals surface area contributed by atoms with Gasteiger partial charge in [-0.3, -0.25) is 4.79 Å². The van der Waals surface area contributed by atoms with Gasteiger partial charge in [0.25, 0.3) is 6.47 Å². The van der Waals surface area contributed by atoms with E-state index in [1.807, 2.05) is 56.4 Å². The van der Waals surface area contributed by atoms with E-state index < -0.39 is 6.10 Å². The first kappa shape index (κ1) is 16.6. The van der Waals surface area contributed by atoms with Gasteiger partial charge in [-0.1, -0.05) is 30.3 Å². The molecule has 3 aromatic rings. The summed E-state index contributed by atoms with van der Waals surface area (Å²) in [7, 11) is 1.63. The van der Waals surface area contributed by atoms with Crippen molar-refractivity contribution in [3.05, 3.63) is 65.1 Å². The van der Waals surface area contributed by atoms with Gasteiger partial charge in [0.05, 0.1) is 17.4 Å². The number of carbonyl (C=O) groups excluding carboxylic acids is 1. The van der Waals surface area contributed by atoms with Gasteiger partial charge in [-0.15, -0.1) is 0 Å². The number of fused-ring (bicyclic) bond motifs is 3. The number of ether oxygens (including phenoxy) is 2. The average Bonchev–Trinajstić information content (AvgIpc) is 2.96. The Morgan fingerprint density at radius 1 is 1.19 bits per heavy atom. The average molecular weight is 351 g/mol. The zero-order valence-corrected chi connectivity index (χ0v) is 15.0. The maximum Gasteiger partial charge on any atom is 0.293 e. The van der Waals surface area contributed by atoms with Crippen LogP contribution in [0.1, 0.15) is 34.7 Å². The highest BCUT2D eigenvalue weighted by Crippen LogP contribution is 2.44. The number of benzene rings is 1. The number of aryl methyl sites for hydroxylation is 2. The molecule has 0 amide bonds. The molecular weight excluding hydrogens is 330 g/mol. The van der Waals surface area contributed by atoms with Crippen LogP contribution in [0.3, 0.4) is 0 Å². The predicted molar refractivity (Wildman–Crippen MR) is 98.2 cm³/mol. The highest BCUT2D eigenvalue weighted by molar-refractivity contribution is 5.75. The summed E-state index contributed by atoms with van der Waals surface area (Å²) < 4.78 is 13.3. The topological polar surface area (TPSA) is 64.9 Å². The van der Waals surface area contributed by atoms with E-state index in [9.17, 15) is 4.79 Å². The number of carbonyl (C=O) groups is 1. The molecule has 0 unspecified atom stereocenters. The largest absolute Gasteiger partial charge is 0.459 e. The summed E-state index contributed by atoms with van der Waals surface area (Å²) in [6.07, 6.45) is 1.12. The minimum atomic E-state index is -0.480. The number of nitrogens with zero attached hydrogens (tertiary/aromatic N) is 2. The van der Waals surface area contributed by atoms with Crippen LogP contribution in [-0.4, -0.2) is 29.1 Å². The van der Waals surface area contributed by atoms with Crippen LogP contribution >= 0.6 is 0 Å². The van der Waals surface area contributed by atoms with Gasteiger partial charge >= 0.3 is 0 Å². The van der Waals surface area contributed by atoms with Crippen molar-refractivity contribution >= 4 is 17.8 Å². The van der Waals surface area contributed by atoms with Crippen LogP contribution in [0.4, 0.5) is 5.69 Å². The first-order chi connectivity index (χ1) is 12.7. The van der Waals surface area contributed by atoms with Gasteiger partial charge in [0.1, 0.15) is 6.10 Å². The number of imidazole rings is 1. The number of methoxy groups -OCH3 is 1. The van der Waals surface area contributed by atoms with E-state index in [-0.39, 0.29) is 12.1 Å². The quantitative estimate of drug-likeness (QED) is 0.730. The van der Waals surface area contributed by atoms with Crippen molar-refractivity contribution in [1.82, 2.24) is 9.38 Å². The van der Waals surface area contributed by atoms with E-state index in [2.05, 4.69) is 9.72 Å². The third-order valence-electron chi connectivity index (χ3n) is 5.16. The Labute approximate surface area is 151 Å². The second-order valence-corrected chi connectivity index (χ2v) is 6.51. The second-order valence-electron chi connectivity index (χ2n) is 6.51. The standard InChI is InChI=1S/C20H21N3O3/c1-12-13(2)23-10-9-15-17(20(23)21-12)22-16(14-7-5-4-6-8-14)19(26-11-24)18(15)25-3/h4-11,16,18-19,22H,1-3H3/t16-,18-,19-/m1/s1. The van der Waals surface area contributed by atoms with Gasteiger partial charge in [0, 0.05) is 24.6 Å². The van der Waals surface area contributed by atoms with Crippen LogP contribution in [0.5, 0.6) is 0 Å². The van der Waals surface area contributed by atoms with Gasteiger partial charge in [0.15, 0.2) is 11.8 Å². The van der Waals surface area contributed by atoms with Crippen molar-refractivity contribution in [3.63, 3.8) is 0 Å². The highest BCUT2D eigenvalue weighted by atomic mass is 16.6. The Hall–Kier alpha value is -2.86. The summed E-state index contributed by atoms with van der Waals surface area (Å²) in [6, 6.07) is 11.7. The molecule has 0 radical (unpaired) electrons. The van der Waals surface area contributed by atoms with Gasteiger partial charge in [0.2, 0.25) is 0 Å². The summed E-state index contributed by atoms with van der Waals surface area (Å²) in [5, 5.41) is 3.55. The van der Waals surface area contributed by atoms with E-state index in [0.29, 0.717) is 6.47 Å². The molecule has 26 heavy (non-hydrogen) atoms. The van der Waals surface area contributed by atoms with Crippen molar-refractivity contribution in [2.75, 3.05) is 12.4 Å². The molecule has 1 aliphatic rings. The second kappa shape index (κ2) is 6.46. The lowest BCUT2D eigenvalue weighted by Crippen LogP contribution is -2.39. The van der Waals surface area contributed by atoms with Crippen LogP contribution in [0.15, 0.2) is 42.6 Å². The maximum absolute atomic E-state index is 11.2. The fourth-order valence-corrected chi connectivity index (χ4v) is 3.74. The summed E-state index contributed by atoms with van der Waals surface area (Å²) >= 11 is 0. The van der Waals surface area contributed by atoms with E-state index in [1.165, 1.54) is 0 Å². The fraction of sp³-hybridized carbons (Fsp3) is 0.300. The number of hydrogen-bond donors (Lipinski definition) is 1. The lowest BCUT2D eigenvalue weighted by atomic mass is 9.88. The van der Waals surface area contributed by atoms with Gasteiger partial charge in [-0.2, -0.15) is 0 Å². The molecule has 0 bridgehead atoms. The smallest absolute Gasteiger partial charge is 0.293 e. The normalized spacial score (nSPS) is 21.9. The summed E-state index contributed by atoms with van der Waals surface area (Å²) in [4.78, 5) is 15.9. The molecule has 134 valence electrons. The molecule has 3 heterocycles. The minimum Gasteiger partial charge on any atom is -0.459 e. The van der Waals surface area contributed by atoms with Gasteiger partial charge < -0.3 is 19.2 Å². The SMILES string of the molecule is CO[C@@H]1c2ccn3c(C)c(C)nc3c2N[C@H](c2ccccc2)[C@H]1OC=O. The Kier molecular flexibility index (Phi) is 4.12. The Balaban J connectivity index is 1.92. The zero-order chi connectivity index (χ0) is 18.3. The monoisotopic (exact) mass is 351 g/mol. The third kappa shape index (κ3) is 2.45. The van der Waals surface area contributed by atoms with Crippen LogP contribution in [0.25, 0.3) is 5.65 Å². The first-order valence-electron chi connectivity index (χ1n) is 8.57.